The number of carbonyl (C=O) groups excluding carboxylic acids is 1. The molecule has 0 aliphatic carbocycles. The van der Waals surface area contributed by atoms with E-state index in [1.807, 2.05) is 25.1 Å². The first-order valence-electron chi connectivity index (χ1n) is 7.17. The van der Waals surface area contributed by atoms with Gasteiger partial charge in [-0.05, 0) is 44.0 Å². The fourth-order valence-corrected chi connectivity index (χ4v) is 2.15. The van der Waals surface area contributed by atoms with Crippen LogP contribution in [-0.4, -0.2) is 19.0 Å². The van der Waals surface area contributed by atoms with E-state index in [1.165, 1.54) is 25.7 Å². The smallest absolute Gasteiger partial charge is 0.251 e. The summed E-state index contributed by atoms with van der Waals surface area (Å²) in [6, 6.07) is 6.26. The van der Waals surface area contributed by atoms with Crippen LogP contribution in [0.4, 0.5) is 5.69 Å². The van der Waals surface area contributed by atoms with Crippen molar-refractivity contribution in [3.8, 4) is 0 Å². The molecule has 1 atom stereocenters. The first-order valence-corrected chi connectivity index (χ1v) is 7.17. The van der Waals surface area contributed by atoms with E-state index in [1.54, 1.807) is 7.05 Å². The second-order valence-corrected chi connectivity index (χ2v) is 5.15. The standard InChI is InChI=1S/C16H26N2O/c1-5-6-7-8-13(3)18-15-10-9-14(11-12(15)2)16(19)17-4/h9-11,13,18H,5-8H2,1-4H3,(H,17,19). The second-order valence-electron chi connectivity index (χ2n) is 5.15. The molecule has 0 aliphatic heterocycles. The van der Waals surface area contributed by atoms with E-state index in [4.69, 9.17) is 0 Å². The summed E-state index contributed by atoms with van der Waals surface area (Å²) in [5.74, 6) is -0.0364. The quantitative estimate of drug-likeness (QED) is 0.735. The fourth-order valence-electron chi connectivity index (χ4n) is 2.15. The van der Waals surface area contributed by atoms with E-state index in [0.29, 0.717) is 11.6 Å². The van der Waals surface area contributed by atoms with Crippen LogP contribution >= 0.6 is 0 Å². The number of hydrogen-bond donors (Lipinski definition) is 2. The van der Waals surface area contributed by atoms with E-state index < -0.39 is 0 Å². The number of unbranched alkanes of at least 4 members (excludes halogenated alkanes) is 2. The van der Waals surface area contributed by atoms with Crippen molar-refractivity contribution in [3.63, 3.8) is 0 Å². The second kappa shape index (κ2) is 7.82. The topological polar surface area (TPSA) is 41.1 Å². The summed E-state index contributed by atoms with van der Waals surface area (Å²) in [6.45, 7) is 6.47. The Bertz CT molecular complexity index is 415. The van der Waals surface area contributed by atoms with Crippen LogP contribution < -0.4 is 10.6 Å². The van der Waals surface area contributed by atoms with E-state index in [2.05, 4.69) is 24.5 Å². The predicted octanol–water partition coefficient (Wildman–Crippen LogP) is 3.74. The molecular formula is C16H26N2O. The number of hydrogen-bond acceptors (Lipinski definition) is 2. The molecule has 19 heavy (non-hydrogen) atoms. The van der Waals surface area contributed by atoms with Crippen molar-refractivity contribution >= 4 is 11.6 Å². The maximum absolute atomic E-state index is 11.5. The molecule has 1 aromatic rings. The molecule has 0 heterocycles. The number of aryl methyl sites for hydroxylation is 1. The minimum atomic E-state index is -0.0364. The molecule has 0 saturated carbocycles. The number of benzene rings is 1. The lowest BCUT2D eigenvalue weighted by atomic mass is 10.1. The van der Waals surface area contributed by atoms with Gasteiger partial charge in [-0.3, -0.25) is 4.79 Å². The lowest BCUT2D eigenvalue weighted by molar-refractivity contribution is 0.0963. The van der Waals surface area contributed by atoms with Crippen molar-refractivity contribution < 1.29 is 4.79 Å². The summed E-state index contributed by atoms with van der Waals surface area (Å²) in [5.41, 5.74) is 2.95. The van der Waals surface area contributed by atoms with Gasteiger partial charge in [0, 0.05) is 24.3 Å². The summed E-state index contributed by atoms with van der Waals surface area (Å²) in [7, 11) is 1.65. The molecule has 0 fully saturated rings. The SMILES string of the molecule is CCCCCC(C)Nc1ccc(C(=O)NC)cc1C. The zero-order valence-corrected chi connectivity index (χ0v) is 12.5. The van der Waals surface area contributed by atoms with Crippen LogP contribution in [0.5, 0.6) is 0 Å². The van der Waals surface area contributed by atoms with Crippen LogP contribution in [0.1, 0.15) is 55.5 Å². The molecule has 0 aliphatic rings. The van der Waals surface area contributed by atoms with E-state index in [0.717, 1.165) is 11.3 Å². The molecule has 0 spiro atoms. The largest absolute Gasteiger partial charge is 0.382 e. The van der Waals surface area contributed by atoms with Crippen molar-refractivity contribution in [2.75, 3.05) is 12.4 Å². The zero-order chi connectivity index (χ0) is 14.3. The lowest BCUT2D eigenvalue weighted by Crippen LogP contribution is -2.19. The van der Waals surface area contributed by atoms with Crippen molar-refractivity contribution in [2.45, 2.75) is 52.5 Å². The highest BCUT2D eigenvalue weighted by Crippen LogP contribution is 2.19. The molecule has 0 saturated heterocycles. The van der Waals surface area contributed by atoms with Gasteiger partial charge in [-0.15, -0.1) is 0 Å². The summed E-state index contributed by atoms with van der Waals surface area (Å²) < 4.78 is 0. The molecule has 0 radical (unpaired) electrons. The first-order chi connectivity index (χ1) is 9.08. The van der Waals surface area contributed by atoms with Crippen LogP contribution in [-0.2, 0) is 0 Å². The highest BCUT2D eigenvalue weighted by molar-refractivity contribution is 5.94. The predicted molar refractivity (Wildman–Crippen MR) is 81.8 cm³/mol. The van der Waals surface area contributed by atoms with Gasteiger partial charge in [0.2, 0.25) is 0 Å². The van der Waals surface area contributed by atoms with Crippen LogP contribution in [0, 0.1) is 6.92 Å². The van der Waals surface area contributed by atoms with Crippen LogP contribution in [0.3, 0.4) is 0 Å². The van der Waals surface area contributed by atoms with Crippen molar-refractivity contribution in [1.29, 1.82) is 0 Å². The molecule has 106 valence electrons. The number of amides is 1. The third-order valence-electron chi connectivity index (χ3n) is 3.36. The molecule has 0 bridgehead atoms. The van der Waals surface area contributed by atoms with Crippen LogP contribution in [0.15, 0.2) is 18.2 Å². The number of carbonyl (C=O) groups is 1. The summed E-state index contributed by atoms with van der Waals surface area (Å²) in [6.07, 6.45) is 5.00. The average molecular weight is 262 g/mol. The van der Waals surface area contributed by atoms with Crippen molar-refractivity contribution in [2.24, 2.45) is 0 Å². The first kappa shape index (κ1) is 15.5. The average Bonchev–Trinajstić information content (AvgIpc) is 2.40. The van der Waals surface area contributed by atoms with Gasteiger partial charge >= 0.3 is 0 Å². The number of rotatable bonds is 7. The van der Waals surface area contributed by atoms with E-state index in [9.17, 15) is 4.79 Å². The maximum atomic E-state index is 11.5. The Hall–Kier alpha value is -1.51. The lowest BCUT2D eigenvalue weighted by Gasteiger charge is -2.17. The van der Waals surface area contributed by atoms with Gasteiger partial charge in [-0.2, -0.15) is 0 Å². The van der Waals surface area contributed by atoms with E-state index >= 15 is 0 Å². The minimum absolute atomic E-state index is 0.0364. The monoisotopic (exact) mass is 262 g/mol. The number of nitrogens with one attached hydrogen (secondary N) is 2. The van der Waals surface area contributed by atoms with Gasteiger partial charge in [0.05, 0.1) is 0 Å². The normalized spacial score (nSPS) is 12.0. The Kier molecular flexibility index (Phi) is 6.40. The third-order valence-corrected chi connectivity index (χ3v) is 3.36. The molecule has 3 nitrogen and oxygen atoms in total. The van der Waals surface area contributed by atoms with Gasteiger partial charge < -0.3 is 10.6 Å². The molecule has 1 aromatic carbocycles. The highest BCUT2D eigenvalue weighted by atomic mass is 16.1. The fraction of sp³-hybridized carbons (Fsp3) is 0.562. The van der Waals surface area contributed by atoms with Crippen molar-refractivity contribution in [1.82, 2.24) is 5.32 Å². The molecule has 3 heteroatoms. The van der Waals surface area contributed by atoms with Crippen LogP contribution in [0.2, 0.25) is 0 Å². The Labute approximate surface area is 116 Å². The molecular weight excluding hydrogens is 236 g/mol. The zero-order valence-electron chi connectivity index (χ0n) is 12.5. The highest BCUT2D eigenvalue weighted by Gasteiger charge is 2.08. The molecule has 1 rings (SSSR count). The van der Waals surface area contributed by atoms with Crippen molar-refractivity contribution in [3.05, 3.63) is 29.3 Å². The number of anilines is 1. The Morgan fingerprint density at radius 3 is 2.63 bits per heavy atom. The molecule has 0 aromatic heterocycles. The minimum Gasteiger partial charge on any atom is -0.382 e. The third kappa shape index (κ3) is 4.93. The van der Waals surface area contributed by atoms with Gasteiger partial charge in [0.15, 0.2) is 0 Å². The maximum Gasteiger partial charge on any atom is 0.251 e. The molecule has 1 amide bonds. The van der Waals surface area contributed by atoms with E-state index in [-0.39, 0.29) is 5.91 Å². The Balaban J connectivity index is 2.61. The van der Waals surface area contributed by atoms with Gasteiger partial charge in [-0.25, -0.2) is 0 Å². The Morgan fingerprint density at radius 1 is 1.32 bits per heavy atom. The van der Waals surface area contributed by atoms with Gasteiger partial charge in [0.25, 0.3) is 5.91 Å². The van der Waals surface area contributed by atoms with Gasteiger partial charge in [0.1, 0.15) is 0 Å². The molecule has 2 N–H and O–H groups in total. The van der Waals surface area contributed by atoms with Crippen LogP contribution in [0.25, 0.3) is 0 Å². The summed E-state index contributed by atoms with van der Waals surface area (Å²) in [5, 5.41) is 6.17. The summed E-state index contributed by atoms with van der Waals surface area (Å²) >= 11 is 0. The van der Waals surface area contributed by atoms with Gasteiger partial charge in [-0.1, -0.05) is 26.2 Å². The Morgan fingerprint density at radius 2 is 2.05 bits per heavy atom. The molecule has 1 unspecified atom stereocenters. The summed E-state index contributed by atoms with van der Waals surface area (Å²) in [4.78, 5) is 11.5.